The Balaban J connectivity index is 1.55. The predicted molar refractivity (Wildman–Crippen MR) is 124 cm³/mol. The second-order valence-electron chi connectivity index (χ2n) is 7.90. The number of halogens is 5. The van der Waals surface area contributed by atoms with E-state index in [1.165, 1.54) is 38.5 Å². The van der Waals surface area contributed by atoms with E-state index in [1.807, 2.05) is 0 Å². The maximum atomic E-state index is 13.7. The minimum atomic E-state index is -2.34. The van der Waals surface area contributed by atoms with Crippen molar-refractivity contribution in [1.82, 2.24) is 0 Å². The number of anilines is 1. The molecule has 1 heterocycles. The summed E-state index contributed by atoms with van der Waals surface area (Å²) in [5, 5.41) is 2.85. The summed E-state index contributed by atoms with van der Waals surface area (Å²) in [7, 11) is 2.86. The van der Waals surface area contributed by atoms with Crippen molar-refractivity contribution in [3.05, 3.63) is 82.4 Å². The Kier molecular flexibility index (Phi) is 7.24. The van der Waals surface area contributed by atoms with Gasteiger partial charge in [0, 0.05) is 16.6 Å². The van der Waals surface area contributed by atoms with E-state index in [9.17, 15) is 31.5 Å². The van der Waals surface area contributed by atoms with Gasteiger partial charge in [0.1, 0.15) is 17.1 Å². The summed E-state index contributed by atoms with van der Waals surface area (Å²) in [6.45, 7) is 0.573. The molecule has 4 rings (SSSR count). The van der Waals surface area contributed by atoms with Crippen LogP contribution < -0.4 is 19.5 Å². The first-order chi connectivity index (χ1) is 18.1. The van der Waals surface area contributed by atoms with Crippen molar-refractivity contribution in [2.75, 3.05) is 26.1 Å². The second-order valence-corrected chi connectivity index (χ2v) is 7.90. The number of benzene rings is 3. The highest BCUT2D eigenvalue weighted by Crippen LogP contribution is 2.33. The number of fused-ring (bicyclic) bond motifs is 1. The van der Waals surface area contributed by atoms with Gasteiger partial charge in [-0.25, -0.2) is 13.2 Å². The summed E-state index contributed by atoms with van der Waals surface area (Å²) < 4.78 is 88.0. The largest absolute Gasteiger partial charge is 0.497 e. The number of nitrogens with one attached hydrogen (secondary N) is 1. The average molecular weight is 535 g/mol. The molecule has 1 amide bonds. The van der Waals surface area contributed by atoms with Gasteiger partial charge in [0.25, 0.3) is 5.91 Å². The topological polar surface area (TPSA) is 87.0 Å². The van der Waals surface area contributed by atoms with Crippen molar-refractivity contribution in [1.29, 1.82) is 0 Å². The van der Waals surface area contributed by atoms with E-state index in [4.69, 9.17) is 13.9 Å². The molecule has 0 spiro atoms. The maximum absolute atomic E-state index is 13.7. The Bertz CT molecular complexity index is 1550. The van der Waals surface area contributed by atoms with Gasteiger partial charge in [0.05, 0.1) is 19.8 Å². The fraction of sp³-hybridized carbons (Fsp3) is 0.154. The summed E-state index contributed by atoms with van der Waals surface area (Å²) in [5.41, 5.74) is 1.16. The number of aryl methyl sites for hydroxylation is 1. The van der Waals surface area contributed by atoms with Crippen LogP contribution >= 0.6 is 0 Å². The molecule has 3 aromatic carbocycles. The molecule has 0 atom stereocenters. The third-order valence-electron chi connectivity index (χ3n) is 5.59. The molecular formula is C26H18F5NO6. The Morgan fingerprint density at radius 1 is 0.868 bits per heavy atom. The standard InChI is InChI=1S/C26H18F5NO6/c1-11-14-8-12(32-18(33)10-37-26-22(30)20(28)19(27)21(29)23(26)31)4-6-17(14)38-25(11)24(34)15-9-13(35-2)5-7-16(15)36-3/h4-9H,10H2,1-3H3,(H,32,33). The van der Waals surface area contributed by atoms with E-state index in [2.05, 4.69) is 10.1 Å². The van der Waals surface area contributed by atoms with Crippen LogP contribution in [0.1, 0.15) is 21.7 Å². The third-order valence-corrected chi connectivity index (χ3v) is 5.59. The van der Waals surface area contributed by atoms with Gasteiger partial charge in [-0.2, -0.15) is 8.78 Å². The van der Waals surface area contributed by atoms with E-state index >= 15 is 0 Å². The maximum Gasteiger partial charge on any atom is 0.262 e. The number of ether oxygens (including phenoxy) is 3. The van der Waals surface area contributed by atoms with Gasteiger partial charge < -0.3 is 23.9 Å². The molecule has 0 unspecified atom stereocenters. The van der Waals surface area contributed by atoms with Crippen LogP contribution in [0, 0.1) is 36.0 Å². The molecule has 198 valence electrons. The summed E-state index contributed by atoms with van der Waals surface area (Å²) in [4.78, 5) is 25.5. The smallest absolute Gasteiger partial charge is 0.262 e. The van der Waals surface area contributed by atoms with Crippen LogP contribution in [0.15, 0.2) is 40.8 Å². The molecule has 0 aliphatic heterocycles. The molecule has 0 saturated heterocycles. The van der Waals surface area contributed by atoms with Gasteiger partial charge in [0.2, 0.25) is 34.9 Å². The molecule has 0 aliphatic carbocycles. The lowest BCUT2D eigenvalue weighted by Crippen LogP contribution is -2.21. The molecule has 0 aliphatic rings. The van der Waals surface area contributed by atoms with Crippen molar-refractivity contribution >= 4 is 28.3 Å². The zero-order valence-corrected chi connectivity index (χ0v) is 20.0. The first kappa shape index (κ1) is 26.5. The zero-order chi connectivity index (χ0) is 27.7. The van der Waals surface area contributed by atoms with Gasteiger partial charge in [-0.1, -0.05) is 0 Å². The number of hydrogen-bond donors (Lipinski definition) is 1. The van der Waals surface area contributed by atoms with Gasteiger partial charge in [0.15, 0.2) is 18.1 Å². The molecular weight excluding hydrogens is 517 g/mol. The highest BCUT2D eigenvalue weighted by atomic mass is 19.2. The monoisotopic (exact) mass is 535 g/mol. The van der Waals surface area contributed by atoms with E-state index < -0.39 is 53.1 Å². The highest BCUT2D eigenvalue weighted by Gasteiger charge is 2.28. The fourth-order valence-electron chi connectivity index (χ4n) is 3.68. The SMILES string of the molecule is COc1ccc(OC)c(C(=O)c2oc3ccc(NC(=O)COc4c(F)c(F)c(F)c(F)c4F)cc3c2C)c1. The number of amides is 1. The number of methoxy groups -OCH3 is 2. The van der Waals surface area contributed by atoms with E-state index in [0.717, 1.165) is 0 Å². The number of carbonyl (C=O) groups is 2. The number of rotatable bonds is 8. The average Bonchev–Trinajstić information content (AvgIpc) is 3.25. The lowest BCUT2D eigenvalue weighted by Gasteiger charge is -2.10. The Morgan fingerprint density at radius 3 is 2.16 bits per heavy atom. The summed E-state index contributed by atoms with van der Waals surface area (Å²) in [6, 6.07) is 9.08. The molecule has 0 fully saturated rings. The van der Waals surface area contributed by atoms with Gasteiger partial charge in [-0.3, -0.25) is 9.59 Å². The molecule has 4 aromatic rings. The number of carbonyl (C=O) groups excluding carboxylic acids is 2. The van der Waals surface area contributed by atoms with Crippen molar-refractivity contribution < 1.29 is 50.2 Å². The first-order valence-electron chi connectivity index (χ1n) is 10.8. The molecule has 12 heteroatoms. The lowest BCUT2D eigenvalue weighted by atomic mass is 10.0. The van der Waals surface area contributed by atoms with Gasteiger partial charge in [-0.15, -0.1) is 0 Å². The first-order valence-corrected chi connectivity index (χ1v) is 10.8. The molecule has 7 nitrogen and oxygen atoms in total. The molecule has 1 N–H and O–H groups in total. The minimum absolute atomic E-state index is 0.0182. The van der Waals surface area contributed by atoms with E-state index in [1.54, 1.807) is 19.1 Å². The highest BCUT2D eigenvalue weighted by molar-refractivity contribution is 6.12. The molecule has 0 saturated carbocycles. The van der Waals surface area contributed by atoms with Crippen molar-refractivity contribution in [3.63, 3.8) is 0 Å². The van der Waals surface area contributed by atoms with E-state index in [0.29, 0.717) is 28.0 Å². The minimum Gasteiger partial charge on any atom is -0.497 e. The Hall–Kier alpha value is -4.61. The molecule has 0 bridgehead atoms. The Morgan fingerprint density at radius 2 is 1.53 bits per heavy atom. The van der Waals surface area contributed by atoms with Crippen molar-refractivity contribution in [3.8, 4) is 17.2 Å². The van der Waals surface area contributed by atoms with Gasteiger partial charge >= 0.3 is 0 Å². The fourth-order valence-corrected chi connectivity index (χ4v) is 3.68. The lowest BCUT2D eigenvalue weighted by molar-refractivity contribution is -0.118. The van der Waals surface area contributed by atoms with Crippen molar-refractivity contribution in [2.24, 2.45) is 0 Å². The predicted octanol–water partition coefficient (Wildman–Crippen LogP) is 5.70. The summed E-state index contributed by atoms with van der Waals surface area (Å²) in [6.07, 6.45) is 0. The van der Waals surface area contributed by atoms with E-state index in [-0.39, 0.29) is 17.0 Å². The number of furan rings is 1. The quantitative estimate of drug-likeness (QED) is 0.135. The van der Waals surface area contributed by atoms with Crippen LogP contribution in [0.5, 0.6) is 17.2 Å². The molecule has 38 heavy (non-hydrogen) atoms. The molecule has 0 radical (unpaired) electrons. The summed E-state index contributed by atoms with van der Waals surface area (Å²) >= 11 is 0. The normalized spacial score (nSPS) is 10.9. The number of ketones is 1. The summed E-state index contributed by atoms with van der Waals surface area (Å²) in [5.74, 6) is -13.4. The second kappa shape index (κ2) is 10.4. The zero-order valence-electron chi connectivity index (χ0n) is 20.0. The van der Waals surface area contributed by atoms with Gasteiger partial charge in [-0.05, 0) is 43.3 Å². The molecule has 1 aromatic heterocycles. The van der Waals surface area contributed by atoms with Crippen LogP contribution in [0.3, 0.4) is 0 Å². The van der Waals surface area contributed by atoms with Crippen molar-refractivity contribution in [2.45, 2.75) is 6.92 Å². The van der Waals surface area contributed by atoms with Crippen LogP contribution in [0.4, 0.5) is 27.6 Å². The van der Waals surface area contributed by atoms with Crippen LogP contribution in [0.2, 0.25) is 0 Å². The van der Waals surface area contributed by atoms with Crippen LogP contribution in [-0.2, 0) is 4.79 Å². The third kappa shape index (κ3) is 4.72. The number of hydrogen-bond acceptors (Lipinski definition) is 6. The van der Waals surface area contributed by atoms with Crippen LogP contribution in [0.25, 0.3) is 11.0 Å². The Labute approximate surface area is 211 Å². The van der Waals surface area contributed by atoms with Crippen LogP contribution in [-0.4, -0.2) is 32.5 Å².